The van der Waals surface area contributed by atoms with E-state index in [0.29, 0.717) is 23.4 Å². The van der Waals surface area contributed by atoms with Crippen molar-refractivity contribution < 1.29 is 27.4 Å². The predicted octanol–water partition coefficient (Wildman–Crippen LogP) is 3.08. The number of nitrogens with one attached hydrogen (secondary N) is 1. The molecule has 1 saturated heterocycles. The van der Waals surface area contributed by atoms with Crippen molar-refractivity contribution in [2.45, 2.75) is 37.3 Å². The standard InChI is InChI=1S/C25H28N2O7S/c1-3-33-25(29)17-7-10-22(11-8-17)35(30,31)27(16-21-5-4-12-34-21)15-19-13-18-6-9-20(32-2)14-23(18)26-24(19)28/h6-11,13-14,21H,3-5,12,15-16H2,1-2H3,(H,26,28)/t21-/m1/s1. The molecule has 0 bridgehead atoms. The Morgan fingerprint density at radius 1 is 1.17 bits per heavy atom. The van der Waals surface area contributed by atoms with Crippen LogP contribution < -0.4 is 10.3 Å². The van der Waals surface area contributed by atoms with Crippen LogP contribution in [0.2, 0.25) is 0 Å². The van der Waals surface area contributed by atoms with E-state index >= 15 is 0 Å². The van der Waals surface area contributed by atoms with Gasteiger partial charge in [-0.05, 0) is 67.6 Å². The summed E-state index contributed by atoms with van der Waals surface area (Å²) in [5.74, 6) is 0.0849. The van der Waals surface area contributed by atoms with Gasteiger partial charge in [-0.25, -0.2) is 13.2 Å². The minimum absolute atomic E-state index is 0.0190. The molecule has 186 valence electrons. The van der Waals surface area contributed by atoms with Crippen LogP contribution in [0, 0.1) is 0 Å². The topological polar surface area (TPSA) is 115 Å². The van der Waals surface area contributed by atoms with Crippen LogP contribution in [0.1, 0.15) is 35.7 Å². The van der Waals surface area contributed by atoms with Crippen LogP contribution in [-0.4, -0.2) is 56.6 Å². The highest BCUT2D eigenvalue weighted by Gasteiger charge is 2.30. The molecule has 0 amide bonds. The summed E-state index contributed by atoms with van der Waals surface area (Å²) in [7, 11) is -2.45. The Morgan fingerprint density at radius 3 is 2.60 bits per heavy atom. The van der Waals surface area contributed by atoms with Gasteiger partial charge in [0.1, 0.15) is 5.75 Å². The Kier molecular flexibility index (Phi) is 7.54. The number of aromatic nitrogens is 1. The zero-order chi connectivity index (χ0) is 25.0. The first-order chi connectivity index (χ1) is 16.8. The lowest BCUT2D eigenvalue weighted by Gasteiger charge is -2.25. The lowest BCUT2D eigenvalue weighted by Crippen LogP contribution is -2.38. The fourth-order valence-corrected chi connectivity index (χ4v) is 5.50. The maximum Gasteiger partial charge on any atom is 0.338 e. The van der Waals surface area contributed by atoms with Gasteiger partial charge >= 0.3 is 5.97 Å². The first-order valence-electron chi connectivity index (χ1n) is 11.4. The maximum atomic E-state index is 13.6. The van der Waals surface area contributed by atoms with E-state index in [1.165, 1.54) is 28.6 Å². The molecule has 0 unspecified atom stereocenters. The Balaban J connectivity index is 1.67. The third-order valence-electron chi connectivity index (χ3n) is 5.91. The number of H-pyrrole nitrogens is 1. The summed E-state index contributed by atoms with van der Waals surface area (Å²) in [6, 6.07) is 12.6. The average molecular weight is 501 g/mol. The monoisotopic (exact) mass is 500 g/mol. The molecule has 1 fully saturated rings. The molecule has 1 aliphatic heterocycles. The number of benzene rings is 2. The van der Waals surface area contributed by atoms with Crippen molar-refractivity contribution in [3.8, 4) is 5.75 Å². The number of carbonyl (C=O) groups is 1. The van der Waals surface area contributed by atoms with Crippen molar-refractivity contribution in [2.24, 2.45) is 0 Å². The number of aromatic amines is 1. The van der Waals surface area contributed by atoms with Crippen molar-refractivity contribution in [1.82, 2.24) is 9.29 Å². The molecular weight excluding hydrogens is 472 g/mol. The number of fused-ring (bicyclic) bond motifs is 1. The fraction of sp³-hybridized carbons (Fsp3) is 0.360. The molecule has 1 atom stereocenters. The lowest BCUT2D eigenvalue weighted by atomic mass is 10.1. The van der Waals surface area contributed by atoms with Crippen LogP contribution in [-0.2, 0) is 26.0 Å². The summed E-state index contributed by atoms with van der Waals surface area (Å²) in [6.07, 6.45) is 1.33. The molecule has 0 aliphatic carbocycles. The van der Waals surface area contributed by atoms with Gasteiger partial charge in [-0.3, -0.25) is 4.79 Å². The highest BCUT2D eigenvalue weighted by Crippen LogP contribution is 2.24. The number of rotatable bonds is 9. The van der Waals surface area contributed by atoms with Gasteiger partial charge in [0, 0.05) is 31.3 Å². The number of hydrogen-bond acceptors (Lipinski definition) is 7. The second-order valence-electron chi connectivity index (χ2n) is 8.25. The van der Waals surface area contributed by atoms with Crippen molar-refractivity contribution in [1.29, 1.82) is 0 Å². The highest BCUT2D eigenvalue weighted by atomic mass is 32.2. The highest BCUT2D eigenvalue weighted by molar-refractivity contribution is 7.89. The number of methoxy groups -OCH3 is 1. The lowest BCUT2D eigenvalue weighted by molar-refractivity contribution is 0.0526. The predicted molar refractivity (Wildman–Crippen MR) is 130 cm³/mol. The molecule has 1 N–H and O–H groups in total. The quantitative estimate of drug-likeness (QED) is 0.449. The molecule has 10 heteroatoms. The Labute approximate surface area is 203 Å². The van der Waals surface area contributed by atoms with Crippen LogP contribution in [0.3, 0.4) is 0 Å². The summed E-state index contributed by atoms with van der Waals surface area (Å²) < 4.78 is 44.4. The summed E-state index contributed by atoms with van der Waals surface area (Å²) >= 11 is 0. The average Bonchev–Trinajstić information content (AvgIpc) is 3.37. The summed E-state index contributed by atoms with van der Waals surface area (Å²) in [6.45, 7) is 2.48. The molecule has 1 aliphatic rings. The number of nitrogens with zero attached hydrogens (tertiary/aromatic N) is 1. The van der Waals surface area contributed by atoms with Gasteiger partial charge in [0.05, 0.1) is 35.8 Å². The Bertz CT molecular complexity index is 1360. The van der Waals surface area contributed by atoms with Gasteiger partial charge in [-0.15, -0.1) is 0 Å². The molecule has 9 nitrogen and oxygen atoms in total. The van der Waals surface area contributed by atoms with Crippen LogP contribution in [0.5, 0.6) is 5.75 Å². The molecule has 35 heavy (non-hydrogen) atoms. The van der Waals surface area contributed by atoms with Crippen LogP contribution >= 0.6 is 0 Å². The van der Waals surface area contributed by atoms with Crippen LogP contribution in [0.4, 0.5) is 0 Å². The molecule has 4 rings (SSSR count). The summed E-state index contributed by atoms with van der Waals surface area (Å²) in [4.78, 5) is 27.6. The van der Waals surface area contributed by atoms with Gasteiger partial charge in [0.15, 0.2) is 0 Å². The normalized spacial score (nSPS) is 16.0. The number of sulfonamides is 1. The smallest absolute Gasteiger partial charge is 0.338 e. The maximum absolute atomic E-state index is 13.6. The molecule has 2 aromatic carbocycles. The van der Waals surface area contributed by atoms with Gasteiger partial charge in [0.25, 0.3) is 5.56 Å². The number of ether oxygens (including phenoxy) is 3. The Morgan fingerprint density at radius 2 is 1.94 bits per heavy atom. The second-order valence-corrected chi connectivity index (χ2v) is 10.2. The number of esters is 1. The van der Waals surface area contributed by atoms with E-state index < -0.39 is 16.0 Å². The first kappa shape index (κ1) is 24.9. The molecule has 0 saturated carbocycles. The zero-order valence-electron chi connectivity index (χ0n) is 19.7. The van der Waals surface area contributed by atoms with E-state index in [0.717, 1.165) is 18.2 Å². The largest absolute Gasteiger partial charge is 0.497 e. The van der Waals surface area contributed by atoms with Crippen molar-refractivity contribution in [2.75, 3.05) is 26.9 Å². The van der Waals surface area contributed by atoms with Gasteiger partial charge in [-0.1, -0.05) is 0 Å². The van der Waals surface area contributed by atoms with Gasteiger partial charge in [0.2, 0.25) is 10.0 Å². The molecule has 0 radical (unpaired) electrons. The van der Waals surface area contributed by atoms with E-state index in [2.05, 4.69) is 4.98 Å². The fourth-order valence-electron chi connectivity index (χ4n) is 4.05. The Hall–Kier alpha value is -3.21. The zero-order valence-corrected chi connectivity index (χ0v) is 20.5. The van der Waals surface area contributed by atoms with E-state index in [9.17, 15) is 18.0 Å². The number of pyridine rings is 1. The SMILES string of the molecule is CCOC(=O)c1ccc(S(=O)(=O)N(Cc2cc3ccc(OC)cc3[nH]c2=O)C[C@H]2CCCO2)cc1. The molecule has 2 heterocycles. The first-order valence-corrected chi connectivity index (χ1v) is 12.8. The van der Waals surface area contributed by atoms with E-state index in [4.69, 9.17) is 14.2 Å². The van der Waals surface area contributed by atoms with E-state index in [1.54, 1.807) is 38.3 Å². The molecule has 1 aromatic heterocycles. The number of hydrogen-bond donors (Lipinski definition) is 1. The van der Waals surface area contributed by atoms with Crippen molar-refractivity contribution >= 4 is 26.9 Å². The third kappa shape index (κ3) is 5.55. The van der Waals surface area contributed by atoms with E-state index in [1.807, 2.05) is 0 Å². The van der Waals surface area contributed by atoms with Crippen molar-refractivity contribution in [3.05, 3.63) is 70.0 Å². The van der Waals surface area contributed by atoms with Crippen LogP contribution in [0.25, 0.3) is 10.9 Å². The van der Waals surface area contributed by atoms with Crippen molar-refractivity contribution in [3.63, 3.8) is 0 Å². The number of carbonyl (C=O) groups excluding carboxylic acids is 1. The summed E-state index contributed by atoms with van der Waals surface area (Å²) in [5.41, 5.74) is 0.794. The van der Waals surface area contributed by atoms with E-state index in [-0.39, 0.29) is 41.8 Å². The van der Waals surface area contributed by atoms with Gasteiger partial charge in [-0.2, -0.15) is 4.31 Å². The molecular formula is C25H28N2O7S. The van der Waals surface area contributed by atoms with Gasteiger partial charge < -0.3 is 19.2 Å². The third-order valence-corrected chi connectivity index (χ3v) is 7.74. The minimum Gasteiger partial charge on any atom is -0.497 e. The minimum atomic E-state index is -3.99. The molecule has 0 spiro atoms. The molecule has 3 aromatic rings. The summed E-state index contributed by atoms with van der Waals surface area (Å²) in [5, 5.41) is 0.758. The second kappa shape index (κ2) is 10.6. The van der Waals surface area contributed by atoms with Crippen LogP contribution in [0.15, 0.2) is 58.2 Å².